The molecule has 0 saturated heterocycles. The van der Waals surface area contributed by atoms with E-state index in [1.807, 2.05) is 54.6 Å². The molecule has 33 heavy (non-hydrogen) atoms. The largest absolute Gasteiger partial charge is 0.493 e. The van der Waals surface area contributed by atoms with E-state index < -0.39 is 0 Å². The van der Waals surface area contributed by atoms with Crippen LogP contribution in [0.4, 0.5) is 0 Å². The van der Waals surface area contributed by atoms with Gasteiger partial charge in [-0.1, -0.05) is 55.0 Å². The number of methoxy groups -OCH3 is 2. The number of para-hydroxylation sites is 1. The predicted octanol–water partition coefficient (Wildman–Crippen LogP) is 4.07. The first-order valence-corrected chi connectivity index (χ1v) is 11.5. The van der Waals surface area contributed by atoms with E-state index in [9.17, 15) is 4.79 Å². The molecule has 0 N–H and O–H groups in total. The molecule has 0 aliphatic rings. The molecule has 0 bridgehead atoms. The van der Waals surface area contributed by atoms with Crippen molar-refractivity contribution in [2.24, 2.45) is 0 Å². The van der Waals surface area contributed by atoms with E-state index in [-0.39, 0.29) is 5.56 Å². The van der Waals surface area contributed by atoms with E-state index in [1.54, 1.807) is 20.3 Å². The van der Waals surface area contributed by atoms with Crippen molar-refractivity contribution in [3.63, 3.8) is 0 Å². The van der Waals surface area contributed by atoms with Gasteiger partial charge in [-0.05, 0) is 42.3 Å². The lowest BCUT2D eigenvalue weighted by molar-refractivity contribution is 0.309. The number of thiazole rings is 1. The molecule has 170 valence electrons. The third kappa shape index (κ3) is 5.06. The van der Waals surface area contributed by atoms with Crippen molar-refractivity contribution in [1.82, 2.24) is 14.6 Å². The SMILES string of the molecule is CCCCOc1ccccc1/C=c1\sc2nc(/C=C/c3ccc(OC)c(OC)c3)nn2c1=O. The third-order valence-corrected chi connectivity index (χ3v) is 5.95. The molecule has 0 spiro atoms. The molecule has 0 saturated carbocycles. The van der Waals surface area contributed by atoms with Gasteiger partial charge in [-0.3, -0.25) is 4.79 Å². The summed E-state index contributed by atoms with van der Waals surface area (Å²) in [6.07, 6.45) is 7.51. The van der Waals surface area contributed by atoms with Crippen molar-refractivity contribution in [2.75, 3.05) is 20.8 Å². The second-order valence-electron chi connectivity index (χ2n) is 7.27. The van der Waals surface area contributed by atoms with Gasteiger partial charge in [-0.25, -0.2) is 0 Å². The quantitative estimate of drug-likeness (QED) is 0.349. The summed E-state index contributed by atoms with van der Waals surface area (Å²) in [6.45, 7) is 2.77. The Morgan fingerprint density at radius 1 is 1.03 bits per heavy atom. The first-order valence-electron chi connectivity index (χ1n) is 10.7. The van der Waals surface area contributed by atoms with Crippen LogP contribution in [0.5, 0.6) is 17.2 Å². The number of fused-ring (bicyclic) bond motifs is 1. The van der Waals surface area contributed by atoms with Gasteiger partial charge in [0.05, 0.1) is 25.4 Å². The van der Waals surface area contributed by atoms with E-state index in [2.05, 4.69) is 17.0 Å². The summed E-state index contributed by atoms with van der Waals surface area (Å²) in [5, 5.41) is 4.36. The molecule has 0 unspecified atom stereocenters. The molecule has 7 nitrogen and oxygen atoms in total. The monoisotopic (exact) mass is 463 g/mol. The minimum atomic E-state index is -0.198. The fourth-order valence-electron chi connectivity index (χ4n) is 3.25. The van der Waals surface area contributed by atoms with E-state index in [0.717, 1.165) is 29.7 Å². The molecule has 4 rings (SSSR count). The number of unbranched alkanes of at least 4 members (excludes halogenated alkanes) is 1. The van der Waals surface area contributed by atoms with Crippen LogP contribution in [0.1, 0.15) is 36.7 Å². The average Bonchev–Trinajstić information content (AvgIpc) is 3.37. The van der Waals surface area contributed by atoms with Gasteiger partial charge in [0, 0.05) is 5.56 Å². The highest BCUT2D eigenvalue weighted by Gasteiger charge is 2.10. The van der Waals surface area contributed by atoms with Crippen LogP contribution in [0.25, 0.3) is 23.2 Å². The highest BCUT2D eigenvalue weighted by Crippen LogP contribution is 2.28. The predicted molar refractivity (Wildman–Crippen MR) is 131 cm³/mol. The van der Waals surface area contributed by atoms with Crippen molar-refractivity contribution in [1.29, 1.82) is 0 Å². The van der Waals surface area contributed by atoms with Crippen LogP contribution in [0, 0.1) is 0 Å². The van der Waals surface area contributed by atoms with Gasteiger partial charge in [-0.2, -0.15) is 9.50 Å². The summed E-state index contributed by atoms with van der Waals surface area (Å²) in [7, 11) is 3.19. The van der Waals surface area contributed by atoms with Gasteiger partial charge in [0.2, 0.25) is 4.96 Å². The van der Waals surface area contributed by atoms with Crippen LogP contribution >= 0.6 is 11.3 Å². The highest BCUT2D eigenvalue weighted by atomic mass is 32.1. The van der Waals surface area contributed by atoms with Gasteiger partial charge >= 0.3 is 0 Å². The Morgan fingerprint density at radius 2 is 1.85 bits per heavy atom. The number of aromatic nitrogens is 3. The fourth-order valence-corrected chi connectivity index (χ4v) is 4.15. The lowest BCUT2D eigenvalue weighted by Crippen LogP contribution is -2.23. The lowest BCUT2D eigenvalue weighted by Gasteiger charge is -2.07. The summed E-state index contributed by atoms with van der Waals surface area (Å²) in [5.41, 5.74) is 1.57. The standard InChI is InChI=1S/C25H25N3O4S/c1-4-5-14-32-19-9-7-6-8-18(19)16-22-24(29)28-25(33-22)26-23(27-28)13-11-17-10-12-20(30-2)21(15-17)31-3/h6-13,15-16H,4-5,14H2,1-3H3/b13-11+,22-16-. The molecule has 0 amide bonds. The fraction of sp³-hybridized carbons (Fsp3) is 0.240. The average molecular weight is 464 g/mol. The summed E-state index contributed by atoms with van der Waals surface area (Å²) in [6, 6.07) is 13.3. The number of nitrogens with zero attached hydrogens (tertiary/aromatic N) is 3. The number of hydrogen-bond donors (Lipinski definition) is 0. The first kappa shape index (κ1) is 22.5. The van der Waals surface area contributed by atoms with Gasteiger partial charge in [-0.15, -0.1) is 5.10 Å². The number of ether oxygens (including phenoxy) is 3. The number of rotatable bonds is 9. The van der Waals surface area contributed by atoms with Crippen LogP contribution in [0.15, 0.2) is 47.3 Å². The Balaban J connectivity index is 1.60. The van der Waals surface area contributed by atoms with E-state index >= 15 is 0 Å². The lowest BCUT2D eigenvalue weighted by atomic mass is 10.2. The highest BCUT2D eigenvalue weighted by molar-refractivity contribution is 7.15. The van der Waals surface area contributed by atoms with Crippen LogP contribution in [-0.4, -0.2) is 35.4 Å². The van der Waals surface area contributed by atoms with E-state index in [1.165, 1.54) is 15.9 Å². The zero-order chi connectivity index (χ0) is 23.2. The summed E-state index contributed by atoms with van der Waals surface area (Å²) in [5.74, 6) is 2.53. The second kappa shape index (κ2) is 10.3. The normalized spacial score (nSPS) is 12.0. The second-order valence-corrected chi connectivity index (χ2v) is 8.28. The molecule has 2 heterocycles. The van der Waals surface area contributed by atoms with E-state index in [0.29, 0.717) is 33.4 Å². The van der Waals surface area contributed by atoms with Crippen molar-refractivity contribution in [2.45, 2.75) is 19.8 Å². The summed E-state index contributed by atoms with van der Waals surface area (Å²) < 4.78 is 18.4. The maximum absolute atomic E-state index is 12.9. The van der Waals surface area contributed by atoms with Crippen LogP contribution in [0.3, 0.4) is 0 Å². The summed E-state index contributed by atoms with van der Waals surface area (Å²) >= 11 is 1.30. The van der Waals surface area contributed by atoms with Crippen molar-refractivity contribution >= 4 is 34.5 Å². The molecule has 2 aromatic carbocycles. The van der Waals surface area contributed by atoms with Crippen LogP contribution in [0.2, 0.25) is 0 Å². The van der Waals surface area contributed by atoms with Gasteiger partial charge in [0.1, 0.15) is 5.75 Å². The zero-order valence-corrected chi connectivity index (χ0v) is 19.6. The number of benzene rings is 2. The first-order chi connectivity index (χ1) is 16.1. The smallest absolute Gasteiger partial charge is 0.291 e. The molecule has 0 aliphatic carbocycles. The van der Waals surface area contributed by atoms with Crippen molar-refractivity contribution in [3.8, 4) is 17.2 Å². The van der Waals surface area contributed by atoms with Gasteiger partial charge in [0.15, 0.2) is 17.3 Å². The molecular weight excluding hydrogens is 438 g/mol. The maximum atomic E-state index is 12.9. The maximum Gasteiger partial charge on any atom is 0.291 e. The topological polar surface area (TPSA) is 74.9 Å². The molecule has 4 aromatic rings. The Hall–Kier alpha value is -3.65. The third-order valence-electron chi connectivity index (χ3n) is 4.99. The van der Waals surface area contributed by atoms with Crippen LogP contribution < -0.4 is 24.3 Å². The van der Waals surface area contributed by atoms with Gasteiger partial charge < -0.3 is 14.2 Å². The molecule has 8 heteroatoms. The van der Waals surface area contributed by atoms with E-state index in [4.69, 9.17) is 14.2 Å². The van der Waals surface area contributed by atoms with Crippen molar-refractivity contribution in [3.05, 3.63) is 74.3 Å². The molecule has 2 aromatic heterocycles. The Morgan fingerprint density at radius 3 is 2.61 bits per heavy atom. The summed E-state index contributed by atoms with van der Waals surface area (Å²) in [4.78, 5) is 17.9. The van der Waals surface area contributed by atoms with Crippen LogP contribution in [-0.2, 0) is 0 Å². The van der Waals surface area contributed by atoms with Crippen molar-refractivity contribution < 1.29 is 14.2 Å². The molecule has 0 fully saturated rings. The number of hydrogen-bond acceptors (Lipinski definition) is 7. The Kier molecular flexibility index (Phi) is 7.04. The zero-order valence-electron chi connectivity index (χ0n) is 18.8. The molecule has 0 radical (unpaired) electrons. The molecular formula is C25H25N3O4S. The molecule has 0 aliphatic heterocycles. The van der Waals surface area contributed by atoms with Gasteiger partial charge in [0.25, 0.3) is 5.56 Å². The minimum Gasteiger partial charge on any atom is -0.493 e. The Bertz CT molecular complexity index is 1390. The minimum absolute atomic E-state index is 0.198. The Labute approximate surface area is 195 Å². The molecule has 0 atom stereocenters.